The zero-order valence-electron chi connectivity index (χ0n) is 10.7. The highest BCUT2D eigenvalue weighted by Crippen LogP contribution is 2.19. The van der Waals surface area contributed by atoms with Crippen molar-refractivity contribution < 1.29 is 8.42 Å². The second-order valence-electron chi connectivity index (χ2n) is 4.43. The largest absolute Gasteiger partial charge is 0.361 e. The van der Waals surface area contributed by atoms with Crippen LogP contribution in [0.3, 0.4) is 0 Å². The van der Waals surface area contributed by atoms with Crippen LogP contribution in [0, 0.1) is 0 Å². The molecule has 98 valence electrons. The number of rotatable bonds is 5. The lowest BCUT2D eigenvalue weighted by atomic mass is 10.2. The number of aromatic amines is 1. The fourth-order valence-electron chi connectivity index (χ4n) is 2.01. The number of H-pyrrole nitrogens is 1. The van der Waals surface area contributed by atoms with E-state index in [2.05, 4.69) is 4.98 Å². The lowest BCUT2D eigenvalue weighted by molar-refractivity contribution is 0.467. The standard InChI is InChI=1S/C13H18N2O2S/c1-3-8-18(16,17)15(2)10-11-9-14-13-7-5-4-6-12(11)13/h4-7,9,14H,3,8,10H2,1-2H3. The summed E-state index contributed by atoms with van der Waals surface area (Å²) in [6, 6.07) is 7.90. The molecule has 4 nitrogen and oxygen atoms in total. The minimum Gasteiger partial charge on any atom is -0.361 e. The fourth-order valence-corrected chi connectivity index (χ4v) is 3.18. The highest BCUT2D eigenvalue weighted by atomic mass is 32.2. The van der Waals surface area contributed by atoms with Crippen LogP contribution in [0.5, 0.6) is 0 Å². The zero-order chi connectivity index (χ0) is 13.2. The summed E-state index contributed by atoms with van der Waals surface area (Å²) in [6.45, 7) is 2.28. The van der Waals surface area contributed by atoms with Gasteiger partial charge in [-0.15, -0.1) is 0 Å². The lowest BCUT2D eigenvalue weighted by Crippen LogP contribution is -2.28. The first-order chi connectivity index (χ1) is 8.54. The molecule has 1 N–H and O–H groups in total. The molecule has 1 heterocycles. The molecule has 0 aliphatic heterocycles. The molecule has 18 heavy (non-hydrogen) atoms. The molecule has 0 atom stereocenters. The van der Waals surface area contributed by atoms with Crippen molar-refractivity contribution in [2.24, 2.45) is 0 Å². The van der Waals surface area contributed by atoms with Crippen LogP contribution in [-0.2, 0) is 16.6 Å². The van der Waals surface area contributed by atoms with Crippen molar-refractivity contribution in [1.82, 2.24) is 9.29 Å². The summed E-state index contributed by atoms with van der Waals surface area (Å²) in [7, 11) is -1.50. The Labute approximate surface area is 108 Å². The van der Waals surface area contributed by atoms with Gasteiger partial charge in [-0.2, -0.15) is 0 Å². The third-order valence-corrected chi connectivity index (χ3v) is 5.01. The van der Waals surface area contributed by atoms with E-state index in [1.54, 1.807) is 7.05 Å². The molecule has 2 rings (SSSR count). The summed E-state index contributed by atoms with van der Waals surface area (Å²) in [4.78, 5) is 3.16. The average molecular weight is 266 g/mol. The molecule has 0 saturated heterocycles. The van der Waals surface area contributed by atoms with Gasteiger partial charge in [-0.25, -0.2) is 12.7 Å². The first kappa shape index (κ1) is 13.1. The van der Waals surface area contributed by atoms with Crippen molar-refractivity contribution in [1.29, 1.82) is 0 Å². The van der Waals surface area contributed by atoms with Gasteiger partial charge < -0.3 is 4.98 Å². The van der Waals surface area contributed by atoms with Gasteiger partial charge in [-0.3, -0.25) is 0 Å². The number of hydrogen-bond acceptors (Lipinski definition) is 2. The third-order valence-electron chi connectivity index (χ3n) is 3.00. The van der Waals surface area contributed by atoms with Gasteiger partial charge in [-0.1, -0.05) is 25.1 Å². The molecule has 5 heteroatoms. The summed E-state index contributed by atoms with van der Waals surface area (Å²) >= 11 is 0. The summed E-state index contributed by atoms with van der Waals surface area (Å²) in [6.07, 6.45) is 2.52. The molecule has 2 aromatic rings. The van der Waals surface area contributed by atoms with Crippen molar-refractivity contribution >= 4 is 20.9 Å². The summed E-state index contributed by atoms with van der Waals surface area (Å²) in [5.41, 5.74) is 2.04. The Morgan fingerprint density at radius 3 is 2.72 bits per heavy atom. The van der Waals surface area contributed by atoms with E-state index in [0.29, 0.717) is 13.0 Å². The Morgan fingerprint density at radius 1 is 1.28 bits per heavy atom. The number of nitrogens with one attached hydrogen (secondary N) is 1. The van der Waals surface area contributed by atoms with Crippen molar-refractivity contribution in [3.05, 3.63) is 36.0 Å². The Kier molecular flexibility index (Phi) is 3.73. The fraction of sp³-hybridized carbons (Fsp3) is 0.385. The van der Waals surface area contributed by atoms with E-state index in [4.69, 9.17) is 0 Å². The van der Waals surface area contributed by atoms with Gasteiger partial charge in [0, 0.05) is 30.7 Å². The number of fused-ring (bicyclic) bond motifs is 1. The Bertz CT molecular complexity index is 631. The topological polar surface area (TPSA) is 53.2 Å². The minimum atomic E-state index is -3.14. The van der Waals surface area contributed by atoms with E-state index >= 15 is 0 Å². The maximum absolute atomic E-state index is 11.9. The van der Waals surface area contributed by atoms with Gasteiger partial charge in [0.2, 0.25) is 10.0 Å². The SMILES string of the molecule is CCCS(=O)(=O)N(C)Cc1c[nH]c2ccccc12. The maximum atomic E-state index is 11.9. The van der Waals surface area contributed by atoms with Gasteiger partial charge >= 0.3 is 0 Å². The van der Waals surface area contributed by atoms with Crippen molar-refractivity contribution in [3.63, 3.8) is 0 Å². The van der Waals surface area contributed by atoms with Crippen LogP contribution < -0.4 is 0 Å². The number of aromatic nitrogens is 1. The van der Waals surface area contributed by atoms with Crippen LogP contribution in [0.2, 0.25) is 0 Å². The highest BCUT2D eigenvalue weighted by Gasteiger charge is 2.17. The normalized spacial score (nSPS) is 12.4. The Hall–Kier alpha value is -1.33. The molecule has 0 radical (unpaired) electrons. The number of hydrogen-bond donors (Lipinski definition) is 1. The highest BCUT2D eigenvalue weighted by molar-refractivity contribution is 7.89. The van der Waals surface area contributed by atoms with Crippen LogP contribution in [0.4, 0.5) is 0 Å². The van der Waals surface area contributed by atoms with Crippen LogP contribution in [0.15, 0.2) is 30.5 Å². The summed E-state index contributed by atoms with van der Waals surface area (Å²) in [5.74, 6) is 0.200. The molecule has 0 unspecified atom stereocenters. The molecule has 0 saturated carbocycles. The van der Waals surface area contributed by atoms with E-state index in [1.807, 2.05) is 37.4 Å². The Morgan fingerprint density at radius 2 is 2.00 bits per heavy atom. The van der Waals surface area contributed by atoms with Crippen molar-refractivity contribution in [2.45, 2.75) is 19.9 Å². The van der Waals surface area contributed by atoms with Crippen LogP contribution in [0.1, 0.15) is 18.9 Å². The number of benzene rings is 1. The molecule has 1 aromatic heterocycles. The van der Waals surface area contributed by atoms with Gasteiger partial charge in [0.15, 0.2) is 0 Å². The van der Waals surface area contributed by atoms with Gasteiger partial charge in [0.1, 0.15) is 0 Å². The maximum Gasteiger partial charge on any atom is 0.214 e. The van der Waals surface area contributed by atoms with Crippen molar-refractivity contribution in [2.75, 3.05) is 12.8 Å². The van der Waals surface area contributed by atoms with E-state index in [1.165, 1.54) is 4.31 Å². The van der Waals surface area contributed by atoms with Gasteiger partial charge in [0.25, 0.3) is 0 Å². The van der Waals surface area contributed by atoms with Crippen LogP contribution in [-0.4, -0.2) is 30.5 Å². The van der Waals surface area contributed by atoms with E-state index in [0.717, 1.165) is 16.5 Å². The quantitative estimate of drug-likeness (QED) is 0.903. The predicted octanol–water partition coefficient (Wildman–Crippen LogP) is 2.34. The average Bonchev–Trinajstić information content (AvgIpc) is 2.73. The van der Waals surface area contributed by atoms with Crippen molar-refractivity contribution in [3.8, 4) is 0 Å². The second-order valence-corrected chi connectivity index (χ2v) is 6.63. The number of nitrogens with zero attached hydrogens (tertiary/aromatic N) is 1. The third kappa shape index (κ3) is 2.57. The first-order valence-electron chi connectivity index (χ1n) is 6.03. The van der Waals surface area contributed by atoms with Crippen LogP contribution in [0.25, 0.3) is 10.9 Å². The summed E-state index contributed by atoms with van der Waals surface area (Å²) in [5, 5.41) is 1.08. The zero-order valence-corrected chi connectivity index (χ0v) is 11.5. The van der Waals surface area contributed by atoms with Gasteiger partial charge in [-0.05, 0) is 18.1 Å². The minimum absolute atomic E-state index is 0.200. The molecule has 0 fully saturated rings. The molecule has 0 aliphatic carbocycles. The smallest absolute Gasteiger partial charge is 0.214 e. The van der Waals surface area contributed by atoms with Gasteiger partial charge in [0.05, 0.1) is 5.75 Å². The molecule has 1 aromatic carbocycles. The van der Waals surface area contributed by atoms with E-state index in [-0.39, 0.29) is 5.75 Å². The second kappa shape index (κ2) is 5.12. The first-order valence-corrected chi connectivity index (χ1v) is 7.64. The molecule has 0 spiro atoms. The molecular formula is C13H18N2O2S. The molecule has 0 aliphatic rings. The number of para-hydroxylation sites is 1. The van der Waals surface area contributed by atoms with Crippen LogP contribution >= 0.6 is 0 Å². The molecule has 0 bridgehead atoms. The lowest BCUT2D eigenvalue weighted by Gasteiger charge is -2.16. The molecular weight excluding hydrogens is 248 g/mol. The van der Waals surface area contributed by atoms with E-state index in [9.17, 15) is 8.42 Å². The monoisotopic (exact) mass is 266 g/mol. The summed E-state index contributed by atoms with van der Waals surface area (Å²) < 4.78 is 25.2. The molecule has 0 amide bonds. The Balaban J connectivity index is 2.24. The number of sulfonamides is 1. The predicted molar refractivity (Wildman–Crippen MR) is 73.8 cm³/mol. The van der Waals surface area contributed by atoms with E-state index < -0.39 is 10.0 Å².